The Morgan fingerprint density at radius 3 is 2.94 bits per heavy atom. The predicted molar refractivity (Wildman–Crippen MR) is 63.8 cm³/mol. The van der Waals surface area contributed by atoms with Crippen LogP contribution in [0, 0.1) is 5.92 Å². The van der Waals surface area contributed by atoms with Crippen LogP contribution in [0.1, 0.15) is 48.5 Å². The average Bonchev–Trinajstić information content (AvgIpc) is 2.75. The van der Waals surface area contributed by atoms with Gasteiger partial charge in [-0.1, -0.05) is 6.42 Å². The molecule has 1 N–H and O–H groups in total. The molecule has 94 valence electrons. The van der Waals surface area contributed by atoms with E-state index in [9.17, 15) is 4.79 Å². The van der Waals surface area contributed by atoms with Gasteiger partial charge in [-0.05, 0) is 44.4 Å². The molecule has 1 aliphatic rings. The van der Waals surface area contributed by atoms with Crippen LogP contribution in [-0.4, -0.2) is 19.6 Å². The van der Waals surface area contributed by atoms with E-state index in [1.165, 1.54) is 26.4 Å². The molecule has 0 aromatic carbocycles. The third-order valence-electron chi connectivity index (χ3n) is 3.38. The molecule has 1 fully saturated rings. The standard InChI is InChI=1S/C13H19NO3/c1-9(14-8-10-4-3-5-10)11-6-7-12(17-11)13(15)16-2/h6-7,9-10,14H,3-5,8H2,1-2H3. The van der Waals surface area contributed by atoms with Gasteiger partial charge in [0.05, 0.1) is 13.2 Å². The fourth-order valence-electron chi connectivity index (χ4n) is 1.94. The van der Waals surface area contributed by atoms with Gasteiger partial charge in [0.25, 0.3) is 0 Å². The van der Waals surface area contributed by atoms with E-state index in [1.54, 1.807) is 6.07 Å². The van der Waals surface area contributed by atoms with Crippen LogP contribution in [0.3, 0.4) is 0 Å². The normalized spacial score (nSPS) is 17.5. The fraction of sp³-hybridized carbons (Fsp3) is 0.615. The highest BCUT2D eigenvalue weighted by Gasteiger charge is 2.19. The molecule has 17 heavy (non-hydrogen) atoms. The monoisotopic (exact) mass is 237 g/mol. The molecule has 1 atom stereocenters. The maximum Gasteiger partial charge on any atom is 0.373 e. The summed E-state index contributed by atoms with van der Waals surface area (Å²) in [5.74, 6) is 1.43. The molecule has 0 spiro atoms. The van der Waals surface area contributed by atoms with Crippen LogP contribution in [0.25, 0.3) is 0 Å². The molecule has 0 bridgehead atoms. The lowest BCUT2D eigenvalue weighted by atomic mass is 9.85. The fourth-order valence-corrected chi connectivity index (χ4v) is 1.94. The Balaban J connectivity index is 1.87. The van der Waals surface area contributed by atoms with E-state index in [-0.39, 0.29) is 11.8 Å². The van der Waals surface area contributed by atoms with Gasteiger partial charge in [-0.25, -0.2) is 4.79 Å². The van der Waals surface area contributed by atoms with Crippen molar-refractivity contribution in [3.05, 3.63) is 23.7 Å². The Morgan fingerprint density at radius 1 is 1.59 bits per heavy atom. The maximum absolute atomic E-state index is 11.2. The molecule has 0 saturated heterocycles. The SMILES string of the molecule is COC(=O)c1ccc(C(C)NCC2CCC2)o1. The molecular formula is C13H19NO3. The van der Waals surface area contributed by atoms with Gasteiger partial charge in [0.1, 0.15) is 5.76 Å². The van der Waals surface area contributed by atoms with Crippen molar-refractivity contribution in [2.45, 2.75) is 32.2 Å². The molecule has 0 radical (unpaired) electrons. The predicted octanol–water partition coefficient (Wildman–Crippen LogP) is 2.52. The minimum atomic E-state index is -0.428. The van der Waals surface area contributed by atoms with E-state index in [1.807, 2.05) is 13.0 Å². The lowest BCUT2D eigenvalue weighted by Crippen LogP contribution is -2.29. The molecule has 1 unspecified atom stereocenters. The van der Waals surface area contributed by atoms with Gasteiger partial charge in [0.15, 0.2) is 0 Å². The molecule has 4 heteroatoms. The second-order valence-electron chi connectivity index (χ2n) is 4.62. The molecule has 1 aromatic heterocycles. The Bertz CT molecular complexity index is 382. The van der Waals surface area contributed by atoms with Crippen molar-refractivity contribution in [2.75, 3.05) is 13.7 Å². The molecule has 4 nitrogen and oxygen atoms in total. The summed E-state index contributed by atoms with van der Waals surface area (Å²) in [6.07, 6.45) is 4.00. The zero-order valence-corrected chi connectivity index (χ0v) is 10.4. The summed E-state index contributed by atoms with van der Waals surface area (Å²) in [5.41, 5.74) is 0. The van der Waals surface area contributed by atoms with Crippen molar-refractivity contribution in [3.8, 4) is 0 Å². The molecule has 1 aliphatic carbocycles. The van der Waals surface area contributed by atoms with Gasteiger partial charge in [0, 0.05) is 0 Å². The molecule has 0 amide bonds. The lowest BCUT2D eigenvalue weighted by Gasteiger charge is -2.26. The highest BCUT2D eigenvalue weighted by molar-refractivity contribution is 5.86. The number of hydrogen-bond donors (Lipinski definition) is 1. The van der Waals surface area contributed by atoms with Crippen LogP contribution >= 0.6 is 0 Å². The second kappa shape index (κ2) is 5.36. The highest BCUT2D eigenvalue weighted by Crippen LogP contribution is 2.26. The maximum atomic E-state index is 11.2. The first-order valence-corrected chi connectivity index (χ1v) is 6.12. The lowest BCUT2D eigenvalue weighted by molar-refractivity contribution is 0.0562. The largest absolute Gasteiger partial charge is 0.463 e. The summed E-state index contributed by atoms with van der Waals surface area (Å²) < 4.78 is 10.0. The van der Waals surface area contributed by atoms with Crippen LogP contribution in [0.4, 0.5) is 0 Å². The zero-order valence-electron chi connectivity index (χ0n) is 10.4. The van der Waals surface area contributed by atoms with Gasteiger partial charge in [0.2, 0.25) is 5.76 Å². The minimum absolute atomic E-state index is 0.133. The van der Waals surface area contributed by atoms with Crippen LogP contribution < -0.4 is 5.32 Å². The first-order valence-electron chi connectivity index (χ1n) is 6.12. The first kappa shape index (κ1) is 12.2. The average molecular weight is 237 g/mol. The van der Waals surface area contributed by atoms with Crippen molar-refractivity contribution >= 4 is 5.97 Å². The van der Waals surface area contributed by atoms with Crippen LogP contribution in [0.5, 0.6) is 0 Å². The molecule has 1 saturated carbocycles. The Kier molecular flexibility index (Phi) is 3.84. The van der Waals surface area contributed by atoms with Crippen molar-refractivity contribution in [2.24, 2.45) is 5.92 Å². The van der Waals surface area contributed by atoms with Crippen LogP contribution in [-0.2, 0) is 4.74 Å². The van der Waals surface area contributed by atoms with Crippen LogP contribution in [0.2, 0.25) is 0 Å². The summed E-state index contributed by atoms with van der Waals surface area (Å²) in [6, 6.07) is 3.61. The Hall–Kier alpha value is -1.29. The third kappa shape index (κ3) is 2.88. The first-order chi connectivity index (χ1) is 8.20. The van der Waals surface area contributed by atoms with Gasteiger partial charge >= 0.3 is 5.97 Å². The Morgan fingerprint density at radius 2 is 2.35 bits per heavy atom. The van der Waals surface area contributed by atoms with E-state index < -0.39 is 5.97 Å². The number of methoxy groups -OCH3 is 1. The molecule has 1 aromatic rings. The quantitative estimate of drug-likeness (QED) is 0.799. The van der Waals surface area contributed by atoms with Crippen LogP contribution in [0.15, 0.2) is 16.5 Å². The highest BCUT2D eigenvalue weighted by atomic mass is 16.5. The summed E-state index contributed by atoms with van der Waals surface area (Å²) in [5, 5.41) is 3.43. The number of carbonyl (C=O) groups excluding carboxylic acids is 1. The van der Waals surface area contributed by atoms with E-state index in [2.05, 4.69) is 10.1 Å². The number of esters is 1. The summed E-state index contributed by atoms with van der Waals surface area (Å²) in [7, 11) is 1.35. The van der Waals surface area contributed by atoms with Crippen molar-refractivity contribution in [1.82, 2.24) is 5.32 Å². The number of rotatable bonds is 5. The topological polar surface area (TPSA) is 51.5 Å². The van der Waals surface area contributed by atoms with E-state index >= 15 is 0 Å². The number of hydrogen-bond acceptors (Lipinski definition) is 4. The summed E-state index contributed by atoms with van der Waals surface area (Å²) >= 11 is 0. The summed E-state index contributed by atoms with van der Waals surface area (Å²) in [6.45, 7) is 3.06. The van der Waals surface area contributed by atoms with E-state index in [0.717, 1.165) is 18.2 Å². The number of nitrogens with one attached hydrogen (secondary N) is 1. The van der Waals surface area contributed by atoms with E-state index in [4.69, 9.17) is 4.42 Å². The van der Waals surface area contributed by atoms with Gasteiger partial charge in [-0.2, -0.15) is 0 Å². The molecule has 0 aliphatic heterocycles. The second-order valence-corrected chi connectivity index (χ2v) is 4.62. The number of ether oxygens (including phenoxy) is 1. The number of carbonyl (C=O) groups is 1. The van der Waals surface area contributed by atoms with Gasteiger partial charge < -0.3 is 14.5 Å². The van der Waals surface area contributed by atoms with Gasteiger partial charge in [-0.3, -0.25) is 0 Å². The number of furan rings is 1. The van der Waals surface area contributed by atoms with Gasteiger partial charge in [-0.15, -0.1) is 0 Å². The van der Waals surface area contributed by atoms with Crippen molar-refractivity contribution in [1.29, 1.82) is 0 Å². The molecular weight excluding hydrogens is 218 g/mol. The third-order valence-corrected chi connectivity index (χ3v) is 3.38. The summed E-state index contributed by atoms with van der Waals surface area (Å²) in [4.78, 5) is 11.2. The molecule has 2 rings (SSSR count). The van der Waals surface area contributed by atoms with Crippen molar-refractivity contribution < 1.29 is 13.9 Å². The zero-order chi connectivity index (χ0) is 12.3. The van der Waals surface area contributed by atoms with Crippen molar-refractivity contribution in [3.63, 3.8) is 0 Å². The smallest absolute Gasteiger partial charge is 0.373 e. The van der Waals surface area contributed by atoms with E-state index in [0.29, 0.717) is 0 Å². The molecule has 1 heterocycles. The minimum Gasteiger partial charge on any atom is -0.463 e. The Labute approximate surface area is 101 Å².